The molecule has 3 nitrogen and oxygen atoms in total. The smallest absolute Gasteiger partial charge is 0.339 e. The molecule has 0 fully saturated rings. The minimum absolute atomic E-state index is 0.344. The number of halogens is 1. The summed E-state index contributed by atoms with van der Waals surface area (Å²) in [5, 5.41) is 9.31. The number of ether oxygens (including phenoxy) is 1. The summed E-state index contributed by atoms with van der Waals surface area (Å²) in [6.07, 6.45) is 0. The van der Waals surface area contributed by atoms with E-state index < -0.39 is 5.97 Å². The van der Waals surface area contributed by atoms with E-state index in [4.69, 9.17) is 5.26 Å². The van der Waals surface area contributed by atoms with Crippen LogP contribution in [0, 0.1) is 11.3 Å². The molecule has 0 heterocycles. The van der Waals surface area contributed by atoms with Gasteiger partial charge < -0.3 is 4.74 Å². The lowest BCUT2D eigenvalue weighted by Crippen LogP contribution is -2.07. The number of carbonyl (C=O) groups excluding carboxylic acids is 1. The number of benzene rings is 1. The van der Waals surface area contributed by atoms with Crippen molar-refractivity contribution in [2.45, 2.75) is 10.2 Å². The summed E-state index contributed by atoms with van der Waals surface area (Å²) in [6.45, 7) is 0. The van der Waals surface area contributed by atoms with Crippen LogP contribution < -0.4 is 0 Å². The highest BCUT2D eigenvalue weighted by Gasteiger charge is 2.17. The normalized spacial score (nSPS) is 9.47. The van der Waals surface area contributed by atoms with Crippen LogP contribution in [0.3, 0.4) is 0 Å². The molecule has 1 aromatic carbocycles. The molecule has 0 bridgehead atoms. The molecular weight excluding hydrogens is 278 g/mol. The SMILES string of the molecule is COC(=O)c1c(CBr)ccc(C#N)c1S. The third-order valence-corrected chi connectivity index (χ3v) is 2.99. The van der Waals surface area contributed by atoms with Gasteiger partial charge in [-0.25, -0.2) is 4.79 Å². The van der Waals surface area contributed by atoms with Crippen LogP contribution in [0.1, 0.15) is 21.5 Å². The highest BCUT2D eigenvalue weighted by molar-refractivity contribution is 9.08. The fourth-order valence-corrected chi connectivity index (χ4v) is 1.99. The molecule has 1 rings (SSSR count). The number of nitrogens with zero attached hydrogens (tertiary/aromatic N) is 1. The van der Waals surface area contributed by atoms with Crippen LogP contribution >= 0.6 is 28.6 Å². The Balaban J connectivity index is 3.44. The van der Waals surface area contributed by atoms with Gasteiger partial charge in [-0.05, 0) is 11.6 Å². The second kappa shape index (κ2) is 5.19. The summed E-state index contributed by atoms with van der Waals surface area (Å²) in [4.78, 5) is 11.8. The zero-order chi connectivity index (χ0) is 11.4. The topological polar surface area (TPSA) is 50.1 Å². The molecule has 78 valence electrons. The van der Waals surface area contributed by atoms with E-state index in [-0.39, 0.29) is 0 Å². The summed E-state index contributed by atoms with van der Waals surface area (Å²) in [5.74, 6) is -0.480. The molecule has 0 aliphatic rings. The van der Waals surface area contributed by atoms with Crippen molar-refractivity contribution in [3.05, 3.63) is 28.8 Å². The third-order valence-electron chi connectivity index (χ3n) is 1.92. The zero-order valence-electron chi connectivity index (χ0n) is 7.95. The van der Waals surface area contributed by atoms with E-state index in [9.17, 15) is 4.79 Å². The molecule has 0 unspecified atom stereocenters. The highest BCUT2D eigenvalue weighted by Crippen LogP contribution is 2.25. The standard InChI is InChI=1S/C10H8BrNO2S/c1-14-10(13)8-6(4-11)2-3-7(5-12)9(8)15/h2-3,15H,4H2,1H3. The van der Waals surface area contributed by atoms with Gasteiger partial charge in [-0.3, -0.25) is 0 Å². The van der Waals surface area contributed by atoms with Crippen LogP contribution in [0.4, 0.5) is 0 Å². The van der Waals surface area contributed by atoms with Crippen molar-refractivity contribution in [1.82, 2.24) is 0 Å². The second-order valence-electron chi connectivity index (χ2n) is 2.73. The molecule has 0 amide bonds. The minimum Gasteiger partial charge on any atom is -0.465 e. The summed E-state index contributed by atoms with van der Waals surface area (Å²) < 4.78 is 4.64. The van der Waals surface area contributed by atoms with Gasteiger partial charge in [0.25, 0.3) is 0 Å². The first-order valence-corrected chi connectivity index (χ1v) is 5.61. The first kappa shape index (κ1) is 12.1. The quantitative estimate of drug-likeness (QED) is 0.516. The summed E-state index contributed by atoms with van der Waals surface area (Å²) in [5.41, 5.74) is 1.46. The Morgan fingerprint density at radius 1 is 1.67 bits per heavy atom. The lowest BCUT2D eigenvalue weighted by Gasteiger charge is -2.09. The van der Waals surface area contributed by atoms with Crippen LogP contribution in [0.25, 0.3) is 0 Å². The Morgan fingerprint density at radius 2 is 2.33 bits per heavy atom. The maximum atomic E-state index is 11.5. The first-order valence-electron chi connectivity index (χ1n) is 4.05. The molecule has 5 heteroatoms. The summed E-state index contributed by atoms with van der Waals surface area (Å²) in [6, 6.07) is 5.30. The highest BCUT2D eigenvalue weighted by atomic mass is 79.9. The molecule has 0 N–H and O–H groups in total. The van der Waals surface area contributed by atoms with Gasteiger partial charge in [0.15, 0.2) is 0 Å². The van der Waals surface area contributed by atoms with Crippen molar-refractivity contribution in [1.29, 1.82) is 5.26 Å². The van der Waals surface area contributed by atoms with Crippen molar-refractivity contribution >= 4 is 34.5 Å². The van der Waals surface area contributed by atoms with Gasteiger partial charge >= 0.3 is 5.97 Å². The van der Waals surface area contributed by atoms with Gasteiger partial charge in [-0.2, -0.15) is 5.26 Å². The van der Waals surface area contributed by atoms with Crippen molar-refractivity contribution in [2.24, 2.45) is 0 Å². The number of rotatable bonds is 2. The number of thiol groups is 1. The first-order chi connectivity index (χ1) is 7.15. The van der Waals surface area contributed by atoms with Gasteiger partial charge in [0, 0.05) is 10.2 Å². The summed E-state index contributed by atoms with van der Waals surface area (Å²) in [7, 11) is 1.30. The Morgan fingerprint density at radius 3 is 2.80 bits per heavy atom. The molecule has 0 saturated heterocycles. The molecule has 0 saturated carbocycles. The Kier molecular flexibility index (Phi) is 4.18. The third kappa shape index (κ3) is 2.33. The lowest BCUT2D eigenvalue weighted by molar-refractivity contribution is 0.0596. The number of alkyl halides is 1. The lowest BCUT2D eigenvalue weighted by atomic mass is 10.1. The Hall–Kier alpha value is -0.990. The van der Waals surface area contributed by atoms with E-state index in [1.54, 1.807) is 12.1 Å². The van der Waals surface area contributed by atoms with Crippen molar-refractivity contribution in [3.8, 4) is 6.07 Å². The number of hydrogen-bond donors (Lipinski definition) is 1. The Labute approximate surface area is 102 Å². The fraction of sp³-hybridized carbons (Fsp3) is 0.200. The van der Waals surface area contributed by atoms with Crippen LogP contribution in [0.15, 0.2) is 17.0 Å². The van der Waals surface area contributed by atoms with Gasteiger partial charge in [0.1, 0.15) is 6.07 Å². The van der Waals surface area contributed by atoms with E-state index in [1.807, 2.05) is 6.07 Å². The Bertz CT molecular complexity index is 440. The molecule has 0 atom stereocenters. The average molecular weight is 286 g/mol. The van der Waals surface area contributed by atoms with Gasteiger partial charge in [0.2, 0.25) is 0 Å². The van der Waals surface area contributed by atoms with E-state index in [0.29, 0.717) is 21.4 Å². The fourth-order valence-electron chi connectivity index (χ4n) is 1.16. The van der Waals surface area contributed by atoms with Gasteiger partial charge in [-0.15, -0.1) is 12.6 Å². The predicted molar refractivity (Wildman–Crippen MR) is 62.4 cm³/mol. The molecular formula is C10H8BrNO2S. The maximum absolute atomic E-state index is 11.5. The minimum atomic E-state index is -0.480. The molecule has 1 aromatic rings. The maximum Gasteiger partial charge on any atom is 0.339 e. The van der Waals surface area contributed by atoms with Gasteiger partial charge in [0.05, 0.1) is 18.2 Å². The monoisotopic (exact) mass is 285 g/mol. The van der Waals surface area contributed by atoms with E-state index in [2.05, 4.69) is 33.3 Å². The van der Waals surface area contributed by atoms with E-state index >= 15 is 0 Å². The van der Waals surface area contributed by atoms with E-state index in [0.717, 1.165) is 5.56 Å². The van der Waals surface area contributed by atoms with E-state index in [1.165, 1.54) is 7.11 Å². The molecule has 0 aliphatic heterocycles. The van der Waals surface area contributed by atoms with Crippen molar-refractivity contribution < 1.29 is 9.53 Å². The molecule has 0 radical (unpaired) electrons. The number of methoxy groups -OCH3 is 1. The molecule has 0 aliphatic carbocycles. The van der Waals surface area contributed by atoms with Crippen LogP contribution in [0.5, 0.6) is 0 Å². The number of hydrogen-bond acceptors (Lipinski definition) is 4. The molecule has 0 aromatic heterocycles. The second-order valence-corrected chi connectivity index (χ2v) is 3.74. The van der Waals surface area contributed by atoms with Crippen molar-refractivity contribution in [3.63, 3.8) is 0 Å². The summed E-state index contributed by atoms with van der Waals surface area (Å²) >= 11 is 7.43. The van der Waals surface area contributed by atoms with Crippen LogP contribution in [-0.2, 0) is 10.1 Å². The average Bonchev–Trinajstić information content (AvgIpc) is 2.27. The number of carbonyl (C=O) groups is 1. The van der Waals surface area contributed by atoms with Crippen LogP contribution in [0.2, 0.25) is 0 Å². The van der Waals surface area contributed by atoms with Crippen molar-refractivity contribution in [2.75, 3.05) is 7.11 Å². The largest absolute Gasteiger partial charge is 0.465 e. The number of nitriles is 1. The molecule has 0 spiro atoms. The van der Waals surface area contributed by atoms with Crippen LogP contribution in [-0.4, -0.2) is 13.1 Å². The zero-order valence-corrected chi connectivity index (χ0v) is 10.4. The van der Waals surface area contributed by atoms with Gasteiger partial charge in [-0.1, -0.05) is 22.0 Å². The predicted octanol–water partition coefficient (Wildman–Crippen LogP) is 2.53. The number of esters is 1. The molecule has 15 heavy (non-hydrogen) atoms.